The molecule has 0 aliphatic heterocycles. The molecule has 0 saturated heterocycles. The number of anilines is 1. The lowest BCUT2D eigenvalue weighted by molar-refractivity contribution is 0.600. The van der Waals surface area contributed by atoms with Crippen molar-refractivity contribution in [2.45, 2.75) is 11.8 Å². The van der Waals surface area contributed by atoms with Crippen molar-refractivity contribution in [2.24, 2.45) is 0 Å². The Balaban J connectivity index is 1.66. The highest BCUT2D eigenvalue weighted by molar-refractivity contribution is 7.92. The van der Waals surface area contributed by atoms with Gasteiger partial charge in [-0.05, 0) is 42.3 Å². The maximum absolute atomic E-state index is 12.7. The fourth-order valence-electron chi connectivity index (χ4n) is 2.64. The molecular weight excluding hydrogens is 350 g/mol. The number of fused-ring (bicyclic) bond motifs is 1. The molecule has 26 heavy (non-hydrogen) atoms. The lowest BCUT2D eigenvalue weighted by Crippen LogP contribution is -2.15. The normalized spacial score (nSPS) is 11.6. The second kappa shape index (κ2) is 6.23. The molecule has 0 aliphatic carbocycles. The Labute approximate surface area is 150 Å². The lowest BCUT2D eigenvalue weighted by atomic mass is 10.1. The summed E-state index contributed by atoms with van der Waals surface area (Å²) in [7, 11) is -3.75. The van der Waals surface area contributed by atoms with E-state index in [2.05, 4.69) is 19.8 Å². The minimum absolute atomic E-state index is 0.166. The van der Waals surface area contributed by atoms with Gasteiger partial charge in [-0.25, -0.2) is 13.4 Å². The molecule has 4 aromatic rings. The average molecular weight is 365 g/mol. The van der Waals surface area contributed by atoms with Crippen molar-refractivity contribution >= 4 is 21.5 Å². The maximum atomic E-state index is 12.7. The van der Waals surface area contributed by atoms with Crippen molar-refractivity contribution in [2.75, 3.05) is 4.72 Å². The van der Waals surface area contributed by atoms with Crippen LogP contribution in [0.2, 0.25) is 0 Å². The van der Waals surface area contributed by atoms with Crippen LogP contribution in [-0.4, -0.2) is 28.0 Å². The van der Waals surface area contributed by atoms with Crippen LogP contribution in [0.5, 0.6) is 0 Å². The zero-order chi connectivity index (χ0) is 18.1. The number of nitrogens with zero attached hydrogens (tertiary/aromatic N) is 4. The number of hydrogen-bond acceptors (Lipinski definition) is 5. The van der Waals surface area contributed by atoms with Crippen LogP contribution in [0.1, 0.15) is 5.69 Å². The van der Waals surface area contributed by atoms with E-state index in [4.69, 9.17) is 0 Å². The van der Waals surface area contributed by atoms with Crippen molar-refractivity contribution in [3.8, 4) is 11.1 Å². The summed E-state index contributed by atoms with van der Waals surface area (Å²) in [5.41, 5.74) is 3.15. The third-order valence-corrected chi connectivity index (χ3v) is 5.25. The largest absolute Gasteiger partial charge is 0.264 e. The molecule has 3 aromatic heterocycles. The van der Waals surface area contributed by atoms with Gasteiger partial charge < -0.3 is 0 Å². The molecule has 0 unspecified atom stereocenters. The Morgan fingerprint density at radius 2 is 1.81 bits per heavy atom. The average Bonchev–Trinajstić information content (AvgIpc) is 3.04. The predicted octanol–water partition coefficient (Wildman–Crippen LogP) is 2.90. The Hall–Kier alpha value is -3.26. The molecule has 0 bridgehead atoms. The molecule has 0 saturated carbocycles. The molecule has 4 rings (SSSR count). The van der Waals surface area contributed by atoms with Crippen LogP contribution >= 0.6 is 0 Å². The first-order valence-corrected chi connectivity index (χ1v) is 9.36. The highest BCUT2D eigenvalue weighted by atomic mass is 32.2. The third kappa shape index (κ3) is 3.02. The number of sulfonamides is 1. The van der Waals surface area contributed by atoms with Crippen LogP contribution in [0.25, 0.3) is 16.8 Å². The zero-order valence-electron chi connectivity index (χ0n) is 13.9. The second-order valence-electron chi connectivity index (χ2n) is 5.76. The number of nitrogens with one attached hydrogen (secondary N) is 1. The Morgan fingerprint density at radius 1 is 1.00 bits per heavy atom. The highest BCUT2D eigenvalue weighted by Gasteiger charge is 2.16. The van der Waals surface area contributed by atoms with E-state index < -0.39 is 10.0 Å². The quantitative estimate of drug-likeness (QED) is 0.601. The summed E-state index contributed by atoms with van der Waals surface area (Å²) in [6, 6.07) is 13.7. The fourth-order valence-corrected chi connectivity index (χ4v) is 3.69. The summed E-state index contributed by atoms with van der Waals surface area (Å²) in [6.07, 6.45) is 4.97. The van der Waals surface area contributed by atoms with Crippen LogP contribution in [0.15, 0.2) is 72.0 Å². The van der Waals surface area contributed by atoms with E-state index in [1.807, 2.05) is 19.1 Å². The Kier molecular flexibility index (Phi) is 3.89. The monoisotopic (exact) mass is 365 g/mol. The van der Waals surface area contributed by atoms with Gasteiger partial charge in [0.15, 0.2) is 5.65 Å². The standard InChI is InChI=1S/C18H15N5O2S/c1-13-11-18-20-10-8-17(23(18)21-13)22-26(24,25)16-6-4-14(5-7-16)15-3-2-9-19-12-15/h2-12,22H,1H3. The molecule has 0 fully saturated rings. The Bertz CT molecular complexity index is 1170. The van der Waals surface area contributed by atoms with Gasteiger partial charge in [0.05, 0.1) is 10.6 Å². The molecule has 7 nitrogen and oxygen atoms in total. The Morgan fingerprint density at radius 3 is 2.54 bits per heavy atom. The molecule has 3 heterocycles. The van der Waals surface area contributed by atoms with Gasteiger partial charge in [-0.3, -0.25) is 9.71 Å². The fraction of sp³-hybridized carbons (Fsp3) is 0.0556. The third-order valence-electron chi connectivity index (χ3n) is 3.88. The predicted molar refractivity (Wildman–Crippen MR) is 98.2 cm³/mol. The van der Waals surface area contributed by atoms with Crippen LogP contribution in [0, 0.1) is 6.92 Å². The maximum Gasteiger partial charge on any atom is 0.263 e. The number of rotatable bonds is 4. The van der Waals surface area contributed by atoms with Crippen LogP contribution in [-0.2, 0) is 10.0 Å². The summed E-state index contributed by atoms with van der Waals surface area (Å²) in [4.78, 5) is 8.41. The molecule has 130 valence electrons. The van der Waals surface area contributed by atoms with Gasteiger partial charge in [0, 0.05) is 24.7 Å². The van der Waals surface area contributed by atoms with Crippen molar-refractivity contribution in [3.05, 3.63) is 72.8 Å². The SMILES string of the molecule is Cc1cc2nccc(NS(=O)(=O)c3ccc(-c4cccnc4)cc3)n2n1. The molecule has 0 aliphatic rings. The van der Waals surface area contributed by atoms with Crippen LogP contribution < -0.4 is 4.72 Å². The van der Waals surface area contributed by atoms with E-state index in [1.54, 1.807) is 55.0 Å². The molecule has 1 aromatic carbocycles. The summed E-state index contributed by atoms with van der Waals surface area (Å²) >= 11 is 0. The second-order valence-corrected chi connectivity index (χ2v) is 7.44. The molecule has 0 atom stereocenters. The first-order valence-electron chi connectivity index (χ1n) is 7.88. The van der Waals surface area contributed by atoms with Gasteiger partial charge in [0.2, 0.25) is 0 Å². The molecule has 8 heteroatoms. The molecule has 0 spiro atoms. The number of pyridine rings is 1. The first kappa shape index (κ1) is 16.2. The van der Waals surface area contributed by atoms with Gasteiger partial charge >= 0.3 is 0 Å². The van der Waals surface area contributed by atoms with Crippen LogP contribution in [0.3, 0.4) is 0 Å². The lowest BCUT2D eigenvalue weighted by Gasteiger charge is -2.10. The topological polar surface area (TPSA) is 89.2 Å². The number of aromatic nitrogens is 4. The van der Waals surface area contributed by atoms with Crippen molar-refractivity contribution in [3.63, 3.8) is 0 Å². The molecular formula is C18H15N5O2S. The summed E-state index contributed by atoms with van der Waals surface area (Å²) < 4.78 is 29.5. The van der Waals surface area contributed by atoms with Crippen molar-refractivity contribution in [1.82, 2.24) is 19.6 Å². The van der Waals surface area contributed by atoms with E-state index in [1.165, 1.54) is 4.52 Å². The van der Waals surface area contributed by atoms with Gasteiger partial charge in [0.25, 0.3) is 10.0 Å². The molecule has 0 amide bonds. The highest BCUT2D eigenvalue weighted by Crippen LogP contribution is 2.22. The number of benzene rings is 1. The van der Waals surface area contributed by atoms with Gasteiger partial charge in [0.1, 0.15) is 5.82 Å². The smallest absolute Gasteiger partial charge is 0.263 e. The van der Waals surface area contributed by atoms with Gasteiger partial charge in [-0.2, -0.15) is 9.61 Å². The minimum Gasteiger partial charge on any atom is -0.264 e. The minimum atomic E-state index is -3.75. The van der Waals surface area contributed by atoms with E-state index in [9.17, 15) is 8.42 Å². The zero-order valence-corrected chi connectivity index (χ0v) is 14.7. The number of aryl methyl sites for hydroxylation is 1. The van der Waals surface area contributed by atoms with E-state index in [-0.39, 0.29) is 4.90 Å². The van der Waals surface area contributed by atoms with E-state index in [0.717, 1.165) is 16.8 Å². The molecule has 0 radical (unpaired) electrons. The first-order chi connectivity index (χ1) is 12.5. The van der Waals surface area contributed by atoms with Crippen LogP contribution in [0.4, 0.5) is 5.82 Å². The van der Waals surface area contributed by atoms with Crippen molar-refractivity contribution in [1.29, 1.82) is 0 Å². The summed E-state index contributed by atoms with van der Waals surface area (Å²) in [6.45, 7) is 1.82. The van der Waals surface area contributed by atoms with Gasteiger partial charge in [-0.1, -0.05) is 18.2 Å². The van der Waals surface area contributed by atoms with E-state index in [0.29, 0.717) is 11.5 Å². The van der Waals surface area contributed by atoms with E-state index >= 15 is 0 Å². The summed E-state index contributed by atoms with van der Waals surface area (Å²) in [5.74, 6) is 0.333. The summed E-state index contributed by atoms with van der Waals surface area (Å²) in [5, 5.41) is 4.27. The number of hydrogen-bond donors (Lipinski definition) is 1. The van der Waals surface area contributed by atoms with Crippen molar-refractivity contribution < 1.29 is 8.42 Å². The molecule has 1 N–H and O–H groups in total. The van der Waals surface area contributed by atoms with Gasteiger partial charge in [-0.15, -0.1) is 0 Å².